The number of anilines is 1. The first-order chi connectivity index (χ1) is 19.3. The van der Waals surface area contributed by atoms with E-state index in [9.17, 15) is 19.5 Å². The van der Waals surface area contributed by atoms with Gasteiger partial charge in [0, 0.05) is 12.2 Å². The summed E-state index contributed by atoms with van der Waals surface area (Å²) in [6.45, 7) is 3.94. The number of rotatable bonds is 4. The number of cyclic esters (lactones) is 1. The molecule has 0 saturated carbocycles. The Morgan fingerprint density at radius 2 is 1.80 bits per heavy atom. The fourth-order valence-corrected chi connectivity index (χ4v) is 7.12. The molecule has 1 unspecified atom stereocenters. The van der Waals surface area contributed by atoms with Crippen LogP contribution in [0.4, 0.5) is 5.69 Å². The highest BCUT2D eigenvalue weighted by atomic mass is 16.6. The molecular formula is C32H36N2O6. The lowest BCUT2D eigenvalue weighted by Crippen LogP contribution is -2.58. The Bertz CT molecular complexity index is 1400. The monoisotopic (exact) mass is 544 g/mol. The summed E-state index contributed by atoms with van der Waals surface area (Å²) in [5, 5.41) is 12.4. The van der Waals surface area contributed by atoms with E-state index in [0.29, 0.717) is 12.1 Å². The Labute approximate surface area is 234 Å². The van der Waals surface area contributed by atoms with Gasteiger partial charge in [0.2, 0.25) is 5.91 Å². The minimum absolute atomic E-state index is 0.277. The summed E-state index contributed by atoms with van der Waals surface area (Å²) >= 11 is 0. The van der Waals surface area contributed by atoms with Crippen molar-refractivity contribution < 1.29 is 29.0 Å². The van der Waals surface area contributed by atoms with E-state index in [4.69, 9.17) is 9.47 Å². The summed E-state index contributed by atoms with van der Waals surface area (Å²) in [7, 11) is 0. The second kappa shape index (κ2) is 10.2. The van der Waals surface area contributed by atoms with Crippen LogP contribution in [-0.2, 0) is 23.9 Å². The number of likely N-dealkylation sites (tertiary alicyclic amines) is 1. The summed E-state index contributed by atoms with van der Waals surface area (Å²) in [5.74, 6) is -3.04. The Hall–Kier alpha value is -3.49. The van der Waals surface area contributed by atoms with Crippen LogP contribution in [0.5, 0.6) is 0 Å². The number of amides is 2. The molecular weight excluding hydrogens is 508 g/mol. The molecule has 0 radical (unpaired) electrons. The summed E-state index contributed by atoms with van der Waals surface area (Å²) in [5.41, 5.74) is -1.82. The first kappa shape index (κ1) is 26.7. The van der Waals surface area contributed by atoms with Crippen LogP contribution in [0.15, 0.2) is 66.8 Å². The molecule has 0 aliphatic carbocycles. The summed E-state index contributed by atoms with van der Waals surface area (Å²) < 4.78 is 12.5. The number of benzene rings is 2. The zero-order chi connectivity index (χ0) is 28.1. The van der Waals surface area contributed by atoms with Crippen molar-refractivity contribution in [2.75, 3.05) is 24.7 Å². The maximum atomic E-state index is 14.6. The number of fused-ring (bicyclic) bond motifs is 3. The molecule has 2 aromatic rings. The Morgan fingerprint density at radius 3 is 2.58 bits per heavy atom. The van der Waals surface area contributed by atoms with Crippen molar-refractivity contribution in [2.45, 2.75) is 62.8 Å². The first-order valence-electron chi connectivity index (χ1n) is 14.3. The van der Waals surface area contributed by atoms with Gasteiger partial charge in [-0.25, -0.2) is 0 Å². The number of aliphatic hydroxyl groups excluding tert-OH is 1. The van der Waals surface area contributed by atoms with Crippen molar-refractivity contribution in [2.24, 2.45) is 11.8 Å². The topological polar surface area (TPSA) is 96.4 Å². The molecule has 4 aliphatic heterocycles. The molecule has 2 saturated heterocycles. The van der Waals surface area contributed by atoms with Gasteiger partial charge in [-0.3, -0.25) is 14.4 Å². The highest BCUT2D eigenvalue weighted by Gasteiger charge is 2.75. The number of allylic oxidation sites excluding steroid dienone is 1. The standard InChI is InChI=1S/C32H36N2O6/c1-3-23(20-35)34-27-29(37)33(24-14-13-21-11-6-7-12-22(21)19-24)17-10-16-32(27)25(28(34)36)26-30(38)39-18-9-5-4-8-15-31(26,2)40-32/h6-8,10-16,19,23,25-27,35H,3-5,9,17-18,20H2,1-2H3/b15-8-/t23-,25-,26+,27?,31-,32-/m0/s1. The van der Waals surface area contributed by atoms with Crippen LogP contribution in [0, 0.1) is 11.8 Å². The zero-order valence-electron chi connectivity index (χ0n) is 23.0. The van der Waals surface area contributed by atoms with E-state index < -0.39 is 41.1 Å². The van der Waals surface area contributed by atoms with Gasteiger partial charge in [0.15, 0.2) is 0 Å². The number of carbonyl (C=O) groups excluding carboxylic acids is 3. The second-order valence-corrected chi connectivity index (χ2v) is 11.4. The second-order valence-electron chi connectivity index (χ2n) is 11.4. The van der Waals surface area contributed by atoms with Gasteiger partial charge in [-0.2, -0.15) is 0 Å². The molecule has 6 rings (SSSR count). The molecule has 2 fully saturated rings. The lowest BCUT2D eigenvalue weighted by Gasteiger charge is -2.40. The van der Waals surface area contributed by atoms with E-state index in [0.717, 1.165) is 30.0 Å². The number of carbonyl (C=O) groups is 3. The lowest BCUT2D eigenvalue weighted by molar-refractivity contribution is -0.160. The van der Waals surface area contributed by atoms with E-state index in [1.807, 2.05) is 80.6 Å². The molecule has 210 valence electrons. The quantitative estimate of drug-likeness (QED) is 0.465. The third-order valence-corrected chi connectivity index (χ3v) is 9.06. The van der Waals surface area contributed by atoms with Crippen LogP contribution >= 0.6 is 0 Å². The highest BCUT2D eigenvalue weighted by Crippen LogP contribution is 2.57. The fourth-order valence-electron chi connectivity index (χ4n) is 7.12. The molecule has 2 amide bonds. The minimum atomic E-state index is -1.39. The molecule has 1 N–H and O–H groups in total. The predicted octanol–water partition coefficient (Wildman–Crippen LogP) is 3.77. The van der Waals surface area contributed by atoms with E-state index in [1.165, 1.54) is 4.90 Å². The fraction of sp³-hybridized carbons (Fsp3) is 0.469. The molecule has 1 spiro atoms. The largest absolute Gasteiger partial charge is 0.465 e. The van der Waals surface area contributed by atoms with E-state index >= 15 is 0 Å². The first-order valence-corrected chi connectivity index (χ1v) is 14.3. The van der Waals surface area contributed by atoms with Crippen LogP contribution in [-0.4, -0.2) is 70.8 Å². The minimum Gasteiger partial charge on any atom is -0.465 e. The van der Waals surface area contributed by atoms with Crippen LogP contribution in [0.25, 0.3) is 10.8 Å². The van der Waals surface area contributed by atoms with Gasteiger partial charge in [-0.05, 0) is 55.5 Å². The summed E-state index contributed by atoms with van der Waals surface area (Å²) in [6.07, 6.45) is 10.4. The molecule has 2 aromatic carbocycles. The number of ether oxygens (including phenoxy) is 2. The smallest absolute Gasteiger partial charge is 0.313 e. The van der Waals surface area contributed by atoms with Crippen LogP contribution in [0.2, 0.25) is 0 Å². The number of esters is 1. The molecule has 8 heteroatoms. The van der Waals surface area contributed by atoms with Crippen molar-refractivity contribution in [3.63, 3.8) is 0 Å². The van der Waals surface area contributed by atoms with E-state index in [2.05, 4.69) is 0 Å². The Morgan fingerprint density at radius 1 is 1.00 bits per heavy atom. The molecule has 0 aromatic heterocycles. The predicted molar refractivity (Wildman–Crippen MR) is 150 cm³/mol. The van der Waals surface area contributed by atoms with Gasteiger partial charge >= 0.3 is 5.97 Å². The van der Waals surface area contributed by atoms with Gasteiger partial charge in [0.25, 0.3) is 5.91 Å². The highest BCUT2D eigenvalue weighted by molar-refractivity contribution is 6.06. The van der Waals surface area contributed by atoms with Gasteiger partial charge in [-0.1, -0.05) is 61.6 Å². The molecule has 4 heterocycles. The number of hydrogen-bond donors (Lipinski definition) is 1. The van der Waals surface area contributed by atoms with Gasteiger partial charge in [0.05, 0.1) is 30.8 Å². The number of aliphatic hydroxyl groups is 1. The van der Waals surface area contributed by atoms with Crippen LogP contribution in [0.1, 0.15) is 39.5 Å². The van der Waals surface area contributed by atoms with E-state index in [-0.39, 0.29) is 31.6 Å². The zero-order valence-corrected chi connectivity index (χ0v) is 23.0. The van der Waals surface area contributed by atoms with Crippen LogP contribution in [0.3, 0.4) is 0 Å². The average Bonchev–Trinajstić information content (AvgIpc) is 3.28. The van der Waals surface area contributed by atoms with Crippen molar-refractivity contribution in [3.05, 3.63) is 66.8 Å². The number of nitrogens with zero attached hydrogens (tertiary/aromatic N) is 2. The average molecular weight is 545 g/mol. The summed E-state index contributed by atoms with van der Waals surface area (Å²) in [4.78, 5) is 45.8. The molecule has 4 aliphatic rings. The number of hydrogen-bond acceptors (Lipinski definition) is 6. The molecule has 0 bridgehead atoms. The van der Waals surface area contributed by atoms with Gasteiger partial charge in [0.1, 0.15) is 17.6 Å². The normalized spacial score (nSPS) is 33.7. The third kappa shape index (κ3) is 3.99. The molecule has 8 nitrogen and oxygen atoms in total. The molecule has 6 atom stereocenters. The maximum Gasteiger partial charge on any atom is 0.313 e. The van der Waals surface area contributed by atoms with E-state index in [1.54, 1.807) is 4.90 Å². The lowest BCUT2D eigenvalue weighted by atomic mass is 9.74. The Kier molecular flexibility index (Phi) is 6.79. The van der Waals surface area contributed by atoms with Crippen molar-refractivity contribution in [3.8, 4) is 0 Å². The SMILES string of the molecule is CC[C@@H](CO)N1C(=O)[C@@H]2[C@@H]3C(=O)OCCCC/C=C\[C@]3(C)O[C@@]23C=CCN(c2ccc4ccccc4c2)C(=O)C13. The van der Waals surface area contributed by atoms with Crippen molar-refractivity contribution >= 4 is 34.2 Å². The van der Waals surface area contributed by atoms with Gasteiger partial charge < -0.3 is 24.4 Å². The maximum absolute atomic E-state index is 14.6. The van der Waals surface area contributed by atoms with Gasteiger partial charge in [-0.15, -0.1) is 0 Å². The van der Waals surface area contributed by atoms with Crippen LogP contribution < -0.4 is 4.90 Å². The van der Waals surface area contributed by atoms with Crippen molar-refractivity contribution in [1.82, 2.24) is 4.90 Å². The van der Waals surface area contributed by atoms with Crippen molar-refractivity contribution in [1.29, 1.82) is 0 Å². The third-order valence-electron chi connectivity index (χ3n) is 9.06. The molecule has 40 heavy (non-hydrogen) atoms. The summed E-state index contributed by atoms with van der Waals surface area (Å²) in [6, 6.07) is 12.1. The Balaban J connectivity index is 1.49.